The standard InChI is InChI=1S/C46H27N5S2/c1-3-13-28(14-4-1)43-48-44(33-19-12-23-38-41(33)32-17-7-9-22-37(32)51(38)30-15-5-2-6-16-30)50-45(49-43)34-20-11-18-31-35-27-29(25-26-39(35)52-42(31)34)46-47-36-21-8-10-24-40(36)53-46/h1-27H. The minimum atomic E-state index is 0.644. The number of benzene rings is 7. The first-order valence-corrected chi connectivity index (χ1v) is 19.1. The minimum Gasteiger partial charge on any atom is -0.309 e. The van der Waals surface area contributed by atoms with Gasteiger partial charge in [-0.05, 0) is 54.6 Å². The summed E-state index contributed by atoms with van der Waals surface area (Å²) in [4.78, 5) is 20.6. The van der Waals surface area contributed by atoms with Crippen LogP contribution in [0.5, 0.6) is 0 Å². The van der Waals surface area contributed by atoms with Crippen molar-refractivity contribution in [3.8, 4) is 50.4 Å². The van der Waals surface area contributed by atoms with Gasteiger partial charge in [0, 0.05) is 58.9 Å². The molecule has 0 N–H and O–H groups in total. The van der Waals surface area contributed by atoms with Crippen molar-refractivity contribution < 1.29 is 0 Å². The van der Waals surface area contributed by atoms with Crippen LogP contribution in [-0.2, 0) is 0 Å². The maximum absolute atomic E-state index is 5.31. The van der Waals surface area contributed by atoms with E-state index < -0.39 is 0 Å². The van der Waals surface area contributed by atoms with Crippen LogP contribution in [0.1, 0.15) is 0 Å². The van der Waals surface area contributed by atoms with Gasteiger partial charge in [0.2, 0.25) is 0 Å². The third-order valence-electron chi connectivity index (χ3n) is 9.90. The predicted molar refractivity (Wildman–Crippen MR) is 222 cm³/mol. The lowest BCUT2D eigenvalue weighted by Crippen LogP contribution is -2.00. The highest BCUT2D eigenvalue weighted by atomic mass is 32.1. The maximum atomic E-state index is 5.31. The fraction of sp³-hybridized carbons (Fsp3) is 0. The van der Waals surface area contributed by atoms with Gasteiger partial charge in [0.15, 0.2) is 17.5 Å². The Morgan fingerprint density at radius 3 is 1.96 bits per heavy atom. The number of aromatic nitrogens is 5. The Hall–Kier alpha value is -6.54. The van der Waals surface area contributed by atoms with Crippen LogP contribution in [0.2, 0.25) is 0 Å². The van der Waals surface area contributed by atoms with Gasteiger partial charge in [-0.3, -0.25) is 0 Å². The summed E-state index contributed by atoms with van der Waals surface area (Å²) < 4.78 is 5.89. The van der Waals surface area contributed by atoms with Crippen molar-refractivity contribution in [2.24, 2.45) is 0 Å². The van der Waals surface area contributed by atoms with Crippen molar-refractivity contribution in [1.29, 1.82) is 0 Å². The molecule has 0 spiro atoms. The molecule has 11 aromatic rings. The molecule has 0 unspecified atom stereocenters. The predicted octanol–water partition coefficient (Wildman–Crippen LogP) is 12.6. The van der Waals surface area contributed by atoms with Gasteiger partial charge >= 0.3 is 0 Å². The van der Waals surface area contributed by atoms with Gasteiger partial charge in [-0.1, -0.05) is 109 Å². The Labute approximate surface area is 312 Å². The molecule has 4 aromatic heterocycles. The normalized spacial score (nSPS) is 11.8. The zero-order chi connectivity index (χ0) is 34.9. The Kier molecular flexibility index (Phi) is 6.83. The van der Waals surface area contributed by atoms with Crippen LogP contribution in [-0.4, -0.2) is 24.5 Å². The third kappa shape index (κ3) is 4.89. The molecule has 7 heteroatoms. The number of hydrogen-bond donors (Lipinski definition) is 0. The molecule has 0 radical (unpaired) electrons. The molecule has 7 aromatic carbocycles. The van der Waals surface area contributed by atoms with Gasteiger partial charge < -0.3 is 4.57 Å². The lowest BCUT2D eigenvalue weighted by Gasteiger charge is -2.11. The summed E-state index contributed by atoms with van der Waals surface area (Å²) in [5.74, 6) is 1.94. The average molecular weight is 714 g/mol. The molecule has 4 heterocycles. The van der Waals surface area contributed by atoms with E-state index in [9.17, 15) is 0 Å². The Bertz CT molecular complexity index is 3150. The minimum absolute atomic E-state index is 0.644. The number of thiazole rings is 1. The van der Waals surface area contributed by atoms with Crippen LogP contribution in [0.3, 0.4) is 0 Å². The quantitative estimate of drug-likeness (QED) is 0.178. The second kappa shape index (κ2) is 12.0. The van der Waals surface area contributed by atoms with E-state index in [-0.39, 0.29) is 0 Å². The first-order valence-electron chi connectivity index (χ1n) is 17.5. The summed E-state index contributed by atoms with van der Waals surface area (Å²) in [6.07, 6.45) is 0. The van der Waals surface area contributed by atoms with E-state index in [1.54, 1.807) is 22.7 Å². The molecular weight excluding hydrogens is 687 g/mol. The second-order valence-corrected chi connectivity index (χ2v) is 15.1. The van der Waals surface area contributed by atoms with Crippen molar-refractivity contribution in [1.82, 2.24) is 24.5 Å². The summed E-state index contributed by atoms with van der Waals surface area (Å²) in [6.45, 7) is 0. The molecule has 53 heavy (non-hydrogen) atoms. The molecule has 0 fully saturated rings. The van der Waals surface area contributed by atoms with Crippen LogP contribution >= 0.6 is 22.7 Å². The molecule has 0 aliphatic heterocycles. The SMILES string of the molecule is c1ccc(-c2nc(-c3cccc4c3sc3ccc(-c5nc6ccccc6s5)cc34)nc(-c3cccc4c3c3ccccc3n4-c3ccccc3)n2)cc1. The third-order valence-corrected chi connectivity index (χ3v) is 12.2. The number of fused-ring (bicyclic) bond motifs is 7. The van der Waals surface area contributed by atoms with Gasteiger partial charge in [-0.25, -0.2) is 19.9 Å². The zero-order valence-corrected chi connectivity index (χ0v) is 29.8. The van der Waals surface area contributed by atoms with Gasteiger partial charge in [0.25, 0.3) is 0 Å². The van der Waals surface area contributed by atoms with Crippen molar-refractivity contribution in [2.45, 2.75) is 0 Å². The highest BCUT2D eigenvalue weighted by Crippen LogP contribution is 2.43. The van der Waals surface area contributed by atoms with Gasteiger partial charge in [-0.15, -0.1) is 22.7 Å². The zero-order valence-electron chi connectivity index (χ0n) is 28.1. The van der Waals surface area contributed by atoms with E-state index in [2.05, 4.69) is 144 Å². The Morgan fingerprint density at radius 2 is 1.09 bits per heavy atom. The van der Waals surface area contributed by atoms with E-state index in [4.69, 9.17) is 19.9 Å². The summed E-state index contributed by atoms with van der Waals surface area (Å²) in [6, 6.07) is 57.3. The summed E-state index contributed by atoms with van der Waals surface area (Å²) in [5, 5.41) is 5.69. The van der Waals surface area contributed by atoms with Crippen molar-refractivity contribution in [3.05, 3.63) is 164 Å². The van der Waals surface area contributed by atoms with E-state index in [0.717, 1.165) is 65.0 Å². The van der Waals surface area contributed by atoms with Crippen LogP contribution in [0, 0.1) is 0 Å². The summed E-state index contributed by atoms with van der Waals surface area (Å²) in [7, 11) is 0. The fourth-order valence-electron chi connectivity index (χ4n) is 7.50. The van der Waals surface area contributed by atoms with Crippen LogP contribution in [0.25, 0.3) is 103 Å². The first kappa shape index (κ1) is 30.1. The van der Waals surface area contributed by atoms with E-state index in [1.807, 2.05) is 24.3 Å². The molecule has 0 aliphatic carbocycles. The number of nitrogens with zero attached hydrogens (tertiary/aromatic N) is 5. The topological polar surface area (TPSA) is 56.5 Å². The molecule has 248 valence electrons. The number of thiophene rings is 1. The molecule has 0 amide bonds. The molecule has 0 aliphatic rings. The molecule has 0 atom stereocenters. The fourth-order valence-corrected chi connectivity index (χ4v) is 9.65. The van der Waals surface area contributed by atoms with Crippen LogP contribution < -0.4 is 0 Å². The second-order valence-electron chi connectivity index (χ2n) is 13.0. The Balaban J connectivity index is 1.13. The van der Waals surface area contributed by atoms with Gasteiger partial charge in [0.05, 0.1) is 21.3 Å². The lowest BCUT2D eigenvalue weighted by molar-refractivity contribution is 1.08. The number of para-hydroxylation sites is 3. The lowest BCUT2D eigenvalue weighted by atomic mass is 10.0. The summed E-state index contributed by atoms with van der Waals surface area (Å²) in [5.41, 5.74) is 8.42. The van der Waals surface area contributed by atoms with Crippen molar-refractivity contribution in [2.75, 3.05) is 0 Å². The molecular formula is C46H27N5S2. The highest BCUT2D eigenvalue weighted by molar-refractivity contribution is 7.26. The molecule has 0 saturated heterocycles. The summed E-state index contributed by atoms with van der Waals surface area (Å²) >= 11 is 3.51. The van der Waals surface area contributed by atoms with Crippen LogP contribution in [0.4, 0.5) is 0 Å². The van der Waals surface area contributed by atoms with Crippen molar-refractivity contribution in [3.63, 3.8) is 0 Å². The highest BCUT2D eigenvalue weighted by Gasteiger charge is 2.21. The maximum Gasteiger partial charge on any atom is 0.165 e. The molecule has 0 saturated carbocycles. The Morgan fingerprint density at radius 1 is 0.415 bits per heavy atom. The number of rotatable bonds is 5. The van der Waals surface area contributed by atoms with E-state index in [1.165, 1.54) is 20.2 Å². The van der Waals surface area contributed by atoms with Gasteiger partial charge in [0.1, 0.15) is 5.01 Å². The smallest absolute Gasteiger partial charge is 0.165 e. The first-order chi connectivity index (χ1) is 26.3. The van der Waals surface area contributed by atoms with Crippen molar-refractivity contribution >= 4 is 74.9 Å². The largest absolute Gasteiger partial charge is 0.309 e. The van der Waals surface area contributed by atoms with Crippen LogP contribution in [0.15, 0.2) is 164 Å². The number of hydrogen-bond acceptors (Lipinski definition) is 6. The van der Waals surface area contributed by atoms with E-state index >= 15 is 0 Å². The molecule has 0 bridgehead atoms. The molecule has 5 nitrogen and oxygen atoms in total. The average Bonchev–Trinajstić information content (AvgIpc) is 3.93. The monoisotopic (exact) mass is 713 g/mol. The molecule has 11 rings (SSSR count). The van der Waals surface area contributed by atoms with Gasteiger partial charge in [-0.2, -0.15) is 0 Å². The van der Waals surface area contributed by atoms with E-state index in [0.29, 0.717) is 17.5 Å².